The number of hydrogen-bond donors (Lipinski definition) is 1. The van der Waals surface area contributed by atoms with Crippen LogP contribution < -0.4 is 5.32 Å². The summed E-state index contributed by atoms with van der Waals surface area (Å²) in [4.78, 5) is 4.48. The highest BCUT2D eigenvalue weighted by Crippen LogP contribution is 2.27. The van der Waals surface area contributed by atoms with Gasteiger partial charge in [-0.05, 0) is 48.0 Å². The van der Waals surface area contributed by atoms with Crippen molar-refractivity contribution in [3.8, 4) is 11.5 Å². The first kappa shape index (κ1) is 11.6. The number of hydrogen-bond acceptors (Lipinski definition) is 5. The van der Waals surface area contributed by atoms with Crippen molar-refractivity contribution >= 4 is 33.9 Å². The van der Waals surface area contributed by atoms with Gasteiger partial charge in [-0.15, -0.1) is 11.3 Å². The number of thiophene rings is 1. The van der Waals surface area contributed by atoms with E-state index in [1.807, 2.05) is 5.38 Å². The van der Waals surface area contributed by atoms with E-state index in [0.717, 1.165) is 24.4 Å². The van der Waals surface area contributed by atoms with E-state index in [1.54, 1.807) is 11.3 Å². The van der Waals surface area contributed by atoms with Gasteiger partial charge in [-0.2, -0.15) is 4.98 Å². The van der Waals surface area contributed by atoms with E-state index in [4.69, 9.17) is 4.52 Å². The van der Waals surface area contributed by atoms with E-state index in [-0.39, 0.29) is 6.04 Å². The molecule has 1 N–H and O–H groups in total. The molecule has 1 aliphatic rings. The Morgan fingerprint density at radius 1 is 1.47 bits per heavy atom. The molecule has 6 heteroatoms. The minimum Gasteiger partial charge on any atom is -0.334 e. The van der Waals surface area contributed by atoms with Crippen LogP contribution in [0.5, 0.6) is 0 Å². The molecular weight excluding hydrogens is 349 g/mol. The Kier molecular flexibility index (Phi) is 3.44. The van der Waals surface area contributed by atoms with Gasteiger partial charge in [-0.3, -0.25) is 0 Å². The van der Waals surface area contributed by atoms with E-state index < -0.39 is 0 Å². The van der Waals surface area contributed by atoms with Gasteiger partial charge >= 0.3 is 0 Å². The normalized spacial score (nSPS) is 20.6. The summed E-state index contributed by atoms with van der Waals surface area (Å²) >= 11 is 3.98. The van der Waals surface area contributed by atoms with Crippen LogP contribution in [0.2, 0.25) is 0 Å². The molecule has 1 saturated heterocycles. The summed E-state index contributed by atoms with van der Waals surface area (Å²) < 4.78 is 6.55. The molecule has 0 saturated carbocycles. The first-order valence-electron chi connectivity index (χ1n) is 5.64. The SMILES string of the molecule is Ic1cc(-c2nc(C3CCCCN3)no2)cs1. The van der Waals surface area contributed by atoms with Gasteiger partial charge in [0.2, 0.25) is 0 Å². The van der Waals surface area contributed by atoms with Crippen molar-refractivity contribution in [2.24, 2.45) is 0 Å². The van der Waals surface area contributed by atoms with Crippen molar-refractivity contribution in [1.29, 1.82) is 0 Å². The summed E-state index contributed by atoms with van der Waals surface area (Å²) in [5.41, 5.74) is 1.02. The van der Waals surface area contributed by atoms with E-state index in [0.29, 0.717) is 5.89 Å². The average molecular weight is 361 g/mol. The Balaban J connectivity index is 1.82. The summed E-state index contributed by atoms with van der Waals surface area (Å²) in [6, 6.07) is 2.33. The standard InChI is InChI=1S/C11H12IN3OS/c12-9-5-7(6-17-9)11-14-10(15-16-11)8-3-1-2-4-13-8/h5-6,8,13H,1-4H2. The molecule has 0 radical (unpaired) electrons. The number of nitrogens with zero attached hydrogens (tertiary/aromatic N) is 2. The summed E-state index contributed by atoms with van der Waals surface area (Å²) in [5.74, 6) is 1.42. The van der Waals surface area contributed by atoms with Crippen molar-refractivity contribution in [2.75, 3.05) is 6.54 Å². The Morgan fingerprint density at radius 3 is 3.12 bits per heavy atom. The Morgan fingerprint density at radius 2 is 2.41 bits per heavy atom. The molecule has 0 aromatic carbocycles. The van der Waals surface area contributed by atoms with Crippen LogP contribution in [0, 0.1) is 2.88 Å². The minimum atomic E-state index is 0.263. The Bertz CT molecular complexity index is 504. The molecular formula is C11H12IN3OS. The highest BCUT2D eigenvalue weighted by atomic mass is 127. The largest absolute Gasteiger partial charge is 0.334 e. The molecule has 2 aromatic heterocycles. The minimum absolute atomic E-state index is 0.263. The second-order valence-electron chi connectivity index (χ2n) is 4.10. The molecule has 90 valence electrons. The third kappa shape index (κ3) is 2.53. The second kappa shape index (κ2) is 5.03. The van der Waals surface area contributed by atoms with Crippen LogP contribution in [-0.2, 0) is 0 Å². The zero-order valence-corrected chi connectivity index (χ0v) is 12.1. The summed E-state index contributed by atoms with van der Waals surface area (Å²) in [6.07, 6.45) is 3.57. The molecule has 1 aliphatic heterocycles. The van der Waals surface area contributed by atoms with Crippen LogP contribution in [0.3, 0.4) is 0 Å². The molecule has 4 nitrogen and oxygen atoms in total. The number of halogens is 1. The van der Waals surface area contributed by atoms with Gasteiger partial charge in [0.05, 0.1) is 14.5 Å². The molecule has 0 aliphatic carbocycles. The first-order chi connectivity index (χ1) is 8.33. The number of aromatic nitrogens is 2. The van der Waals surface area contributed by atoms with Gasteiger partial charge in [0, 0.05) is 5.38 Å². The van der Waals surface area contributed by atoms with Crippen LogP contribution in [0.4, 0.5) is 0 Å². The molecule has 3 heterocycles. The van der Waals surface area contributed by atoms with Crippen molar-refractivity contribution < 1.29 is 4.52 Å². The van der Waals surface area contributed by atoms with Crippen molar-refractivity contribution in [3.05, 3.63) is 20.2 Å². The van der Waals surface area contributed by atoms with Crippen LogP contribution in [0.25, 0.3) is 11.5 Å². The van der Waals surface area contributed by atoms with Crippen LogP contribution in [0.15, 0.2) is 16.0 Å². The summed E-state index contributed by atoms with van der Waals surface area (Å²) in [7, 11) is 0. The fourth-order valence-corrected chi connectivity index (χ4v) is 3.31. The number of piperidine rings is 1. The molecule has 1 atom stereocenters. The Hall–Kier alpha value is -0.470. The van der Waals surface area contributed by atoms with Gasteiger partial charge < -0.3 is 9.84 Å². The van der Waals surface area contributed by atoms with Gasteiger partial charge in [-0.1, -0.05) is 11.6 Å². The molecule has 0 bridgehead atoms. The maximum Gasteiger partial charge on any atom is 0.258 e. The number of rotatable bonds is 2. The maximum absolute atomic E-state index is 5.32. The van der Waals surface area contributed by atoms with E-state index in [1.165, 1.54) is 15.7 Å². The highest BCUT2D eigenvalue weighted by Gasteiger charge is 2.20. The summed E-state index contributed by atoms with van der Waals surface area (Å²) in [6.45, 7) is 1.05. The van der Waals surface area contributed by atoms with Gasteiger partial charge in [0.25, 0.3) is 5.89 Å². The quantitative estimate of drug-likeness (QED) is 0.835. The van der Waals surface area contributed by atoms with E-state index in [9.17, 15) is 0 Å². The second-order valence-corrected chi connectivity index (χ2v) is 6.91. The smallest absolute Gasteiger partial charge is 0.258 e. The Labute approximate surface area is 117 Å². The van der Waals surface area contributed by atoms with E-state index >= 15 is 0 Å². The monoisotopic (exact) mass is 361 g/mol. The predicted molar refractivity (Wildman–Crippen MR) is 74.9 cm³/mol. The zero-order chi connectivity index (χ0) is 11.7. The predicted octanol–water partition coefficient (Wildman–Crippen LogP) is 3.22. The van der Waals surface area contributed by atoms with Crippen molar-refractivity contribution in [2.45, 2.75) is 25.3 Å². The van der Waals surface area contributed by atoms with Gasteiger partial charge in [0.1, 0.15) is 0 Å². The zero-order valence-electron chi connectivity index (χ0n) is 9.15. The molecule has 0 amide bonds. The number of nitrogens with one attached hydrogen (secondary N) is 1. The fourth-order valence-electron chi connectivity index (χ4n) is 1.99. The molecule has 1 unspecified atom stereocenters. The highest BCUT2D eigenvalue weighted by molar-refractivity contribution is 14.1. The molecule has 1 fully saturated rings. The average Bonchev–Trinajstić information content (AvgIpc) is 2.98. The van der Waals surface area contributed by atoms with Gasteiger partial charge in [0.15, 0.2) is 5.82 Å². The topological polar surface area (TPSA) is 51.0 Å². The van der Waals surface area contributed by atoms with Crippen LogP contribution in [0.1, 0.15) is 31.1 Å². The third-order valence-electron chi connectivity index (χ3n) is 2.88. The van der Waals surface area contributed by atoms with Crippen LogP contribution >= 0.6 is 33.9 Å². The molecule has 0 spiro atoms. The molecule has 3 rings (SSSR count). The first-order valence-corrected chi connectivity index (χ1v) is 7.60. The molecule has 2 aromatic rings. The van der Waals surface area contributed by atoms with Crippen molar-refractivity contribution in [3.63, 3.8) is 0 Å². The van der Waals surface area contributed by atoms with Gasteiger partial charge in [-0.25, -0.2) is 0 Å². The fraction of sp³-hybridized carbons (Fsp3) is 0.455. The lowest BCUT2D eigenvalue weighted by atomic mass is 10.0. The lowest BCUT2D eigenvalue weighted by molar-refractivity contribution is 0.367. The lowest BCUT2D eigenvalue weighted by Crippen LogP contribution is -2.27. The lowest BCUT2D eigenvalue weighted by Gasteiger charge is -2.19. The third-order valence-corrected chi connectivity index (χ3v) is 4.67. The molecule has 17 heavy (non-hydrogen) atoms. The van der Waals surface area contributed by atoms with Crippen molar-refractivity contribution in [1.82, 2.24) is 15.5 Å². The summed E-state index contributed by atoms with van der Waals surface area (Å²) in [5, 5.41) is 9.55. The maximum atomic E-state index is 5.32. The van der Waals surface area contributed by atoms with E-state index in [2.05, 4.69) is 44.1 Å². The van der Waals surface area contributed by atoms with Crippen LogP contribution in [-0.4, -0.2) is 16.7 Å².